The lowest BCUT2D eigenvalue weighted by atomic mass is 9.85. The number of hydrogen-bond acceptors (Lipinski definition) is 0. The molecule has 0 aliphatic rings. The van der Waals surface area contributed by atoms with Crippen LogP contribution in [0.25, 0.3) is 54.6 Å². The van der Waals surface area contributed by atoms with Crippen molar-refractivity contribution < 1.29 is 0 Å². The molecule has 0 spiro atoms. The summed E-state index contributed by atoms with van der Waals surface area (Å²) in [5.74, 6) is 0. The average molecular weight is 453 g/mol. The monoisotopic (exact) mass is 452 g/mol. The Morgan fingerprint density at radius 2 is 0.882 bits per heavy atom. The van der Waals surface area contributed by atoms with Crippen LogP contribution in [0.2, 0.25) is 19.6 Å². The number of hydrogen-bond donors (Lipinski definition) is 0. The van der Waals surface area contributed by atoms with Gasteiger partial charge < -0.3 is 0 Å². The second-order valence-electron chi connectivity index (χ2n) is 10.2. The van der Waals surface area contributed by atoms with E-state index in [9.17, 15) is 0 Å². The first-order valence-corrected chi connectivity index (χ1v) is 15.6. The van der Waals surface area contributed by atoms with E-state index >= 15 is 0 Å². The number of fused-ring (bicyclic) bond motifs is 6. The third kappa shape index (κ3) is 3.28. The van der Waals surface area contributed by atoms with Crippen LogP contribution in [0.3, 0.4) is 0 Å². The van der Waals surface area contributed by atoms with Gasteiger partial charge in [-0.1, -0.05) is 140 Å². The van der Waals surface area contributed by atoms with Crippen LogP contribution in [-0.4, -0.2) is 8.07 Å². The van der Waals surface area contributed by atoms with Crippen LogP contribution in [0.15, 0.2) is 115 Å². The smallest absolute Gasteiger partial charge is 0.0656 e. The third-order valence-electron chi connectivity index (χ3n) is 6.97. The molecule has 0 bridgehead atoms. The van der Waals surface area contributed by atoms with Gasteiger partial charge in [0, 0.05) is 0 Å². The molecule has 0 saturated heterocycles. The number of benzene rings is 6. The Morgan fingerprint density at radius 3 is 1.41 bits per heavy atom. The van der Waals surface area contributed by atoms with Gasteiger partial charge in [-0.3, -0.25) is 0 Å². The van der Waals surface area contributed by atoms with Crippen molar-refractivity contribution >= 4 is 45.6 Å². The van der Waals surface area contributed by atoms with Gasteiger partial charge in [0.05, 0.1) is 8.07 Å². The molecule has 0 amide bonds. The van der Waals surface area contributed by atoms with Crippen molar-refractivity contribution in [1.29, 1.82) is 0 Å². The minimum Gasteiger partial charge on any atom is -0.0656 e. The van der Waals surface area contributed by atoms with Crippen molar-refractivity contribution in [1.82, 2.24) is 0 Å². The summed E-state index contributed by atoms with van der Waals surface area (Å²) in [4.78, 5) is 0. The lowest BCUT2D eigenvalue weighted by Crippen LogP contribution is -2.39. The van der Waals surface area contributed by atoms with E-state index in [-0.39, 0.29) is 0 Å². The molecule has 0 aromatic heterocycles. The zero-order chi connectivity index (χ0) is 23.3. The molecule has 0 unspecified atom stereocenters. The van der Waals surface area contributed by atoms with Gasteiger partial charge in [0.1, 0.15) is 0 Å². The van der Waals surface area contributed by atoms with Crippen LogP contribution in [0.1, 0.15) is 0 Å². The molecule has 0 nitrogen and oxygen atoms in total. The molecule has 0 heterocycles. The molecular weight excluding hydrogens is 424 g/mol. The van der Waals surface area contributed by atoms with E-state index in [0.717, 1.165) is 0 Å². The van der Waals surface area contributed by atoms with Gasteiger partial charge in [-0.25, -0.2) is 0 Å². The predicted molar refractivity (Wildman–Crippen MR) is 153 cm³/mol. The van der Waals surface area contributed by atoms with Crippen LogP contribution in [-0.2, 0) is 0 Å². The minimum atomic E-state index is -1.70. The lowest BCUT2D eigenvalue weighted by molar-refractivity contribution is 1.63. The topological polar surface area (TPSA) is 0 Å². The third-order valence-corrected chi connectivity index (χ3v) is 8.98. The quantitative estimate of drug-likeness (QED) is 0.186. The van der Waals surface area contributed by atoms with Gasteiger partial charge in [-0.05, 0) is 54.6 Å². The number of rotatable bonds is 3. The largest absolute Gasteiger partial charge is 0.0784 e. The maximum Gasteiger partial charge on any atom is 0.0784 e. The van der Waals surface area contributed by atoms with Gasteiger partial charge in [0.2, 0.25) is 0 Å². The fourth-order valence-electron chi connectivity index (χ4n) is 5.45. The second kappa shape index (κ2) is 7.97. The molecule has 0 aliphatic heterocycles. The molecule has 6 aromatic carbocycles. The molecule has 0 saturated carbocycles. The summed E-state index contributed by atoms with van der Waals surface area (Å²) in [5.41, 5.74) is 5.35. The zero-order valence-electron chi connectivity index (χ0n) is 20.0. The highest BCUT2D eigenvalue weighted by Crippen LogP contribution is 2.44. The van der Waals surface area contributed by atoms with Crippen LogP contribution in [0.5, 0.6) is 0 Å². The highest BCUT2D eigenvalue weighted by molar-refractivity contribution is 6.90. The molecule has 6 aromatic rings. The first-order chi connectivity index (χ1) is 16.5. The van der Waals surface area contributed by atoms with Gasteiger partial charge in [0.15, 0.2) is 0 Å². The summed E-state index contributed by atoms with van der Waals surface area (Å²) in [6, 6.07) is 42.4. The highest BCUT2D eigenvalue weighted by atomic mass is 28.3. The first-order valence-electron chi connectivity index (χ1n) is 12.1. The summed E-state index contributed by atoms with van der Waals surface area (Å²) in [5, 5.41) is 9.59. The Bertz CT molecular complexity index is 1660. The summed E-state index contributed by atoms with van der Waals surface area (Å²) in [7, 11) is -1.70. The molecule has 6 rings (SSSR count). The van der Waals surface area contributed by atoms with Crippen molar-refractivity contribution in [2.24, 2.45) is 0 Å². The molecule has 1 heteroatoms. The van der Waals surface area contributed by atoms with Gasteiger partial charge in [-0.2, -0.15) is 0 Å². The van der Waals surface area contributed by atoms with E-state index in [1.165, 1.54) is 59.8 Å². The van der Waals surface area contributed by atoms with E-state index in [1.807, 2.05) is 0 Å². The standard InChI is InChI=1S/C33H28Si/c1-34(2,3)30-22-29(23-14-6-4-7-15-23)32-27-20-12-10-18-25(27)26-19-11-13-21-28(26)33(32)31(30)24-16-8-5-9-17-24/h4-22H,1-3H3. The highest BCUT2D eigenvalue weighted by Gasteiger charge is 2.26. The minimum absolute atomic E-state index is 1.28. The Morgan fingerprint density at radius 1 is 0.441 bits per heavy atom. The SMILES string of the molecule is C[Si](C)(C)c1cc(-c2ccccc2)c2c3ccccc3c3ccccc3c2c1-c1ccccc1. The molecule has 34 heavy (non-hydrogen) atoms. The summed E-state index contributed by atoms with van der Waals surface area (Å²) >= 11 is 0. The normalized spacial score (nSPS) is 12.0. The molecule has 0 aliphatic carbocycles. The van der Waals surface area contributed by atoms with Crippen LogP contribution >= 0.6 is 0 Å². The molecule has 0 atom stereocenters. The Balaban J connectivity index is 1.98. The fraction of sp³-hybridized carbons (Fsp3) is 0.0909. The average Bonchev–Trinajstić information content (AvgIpc) is 2.88. The molecule has 0 N–H and O–H groups in total. The predicted octanol–water partition coefficient (Wildman–Crippen LogP) is 9.03. The van der Waals surface area contributed by atoms with Gasteiger partial charge in [-0.15, -0.1) is 0 Å². The van der Waals surface area contributed by atoms with E-state index in [2.05, 4.69) is 135 Å². The van der Waals surface area contributed by atoms with E-state index in [0.29, 0.717) is 0 Å². The first kappa shape index (κ1) is 20.9. The summed E-state index contributed by atoms with van der Waals surface area (Å²) in [6.07, 6.45) is 0. The Hall–Kier alpha value is -3.68. The molecule has 0 fully saturated rings. The van der Waals surface area contributed by atoms with E-state index < -0.39 is 8.07 Å². The van der Waals surface area contributed by atoms with Crippen LogP contribution in [0, 0.1) is 0 Å². The van der Waals surface area contributed by atoms with Crippen molar-refractivity contribution in [3.05, 3.63) is 115 Å². The van der Waals surface area contributed by atoms with Gasteiger partial charge >= 0.3 is 0 Å². The summed E-state index contributed by atoms with van der Waals surface area (Å²) < 4.78 is 0. The van der Waals surface area contributed by atoms with Gasteiger partial charge in [0.25, 0.3) is 0 Å². The zero-order valence-corrected chi connectivity index (χ0v) is 21.0. The van der Waals surface area contributed by atoms with Crippen LogP contribution in [0.4, 0.5) is 0 Å². The maximum atomic E-state index is 2.52. The van der Waals surface area contributed by atoms with Crippen molar-refractivity contribution in [3.63, 3.8) is 0 Å². The van der Waals surface area contributed by atoms with Crippen molar-refractivity contribution in [3.8, 4) is 22.3 Å². The maximum absolute atomic E-state index is 2.52. The van der Waals surface area contributed by atoms with Crippen LogP contribution < -0.4 is 5.19 Å². The van der Waals surface area contributed by atoms with Crippen molar-refractivity contribution in [2.45, 2.75) is 19.6 Å². The molecular formula is C33H28Si. The lowest BCUT2D eigenvalue weighted by Gasteiger charge is -2.27. The molecule has 0 radical (unpaired) electrons. The Kier molecular flexibility index (Phi) is 4.90. The van der Waals surface area contributed by atoms with Crippen molar-refractivity contribution in [2.75, 3.05) is 0 Å². The van der Waals surface area contributed by atoms with E-state index in [1.54, 1.807) is 0 Å². The fourth-order valence-corrected chi connectivity index (χ4v) is 7.04. The molecule has 164 valence electrons. The summed E-state index contributed by atoms with van der Waals surface area (Å²) in [6.45, 7) is 7.41. The second-order valence-corrected chi connectivity index (χ2v) is 15.2. The van der Waals surface area contributed by atoms with E-state index in [4.69, 9.17) is 0 Å². The Labute approximate surface area is 202 Å².